The van der Waals surface area contributed by atoms with Gasteiger partial charge >= 0.3 is 0 Å². The van der Waals surface area contributed by atoms with Crippen LogP contribution in [0.25, 0.3) is 0 Å². The fraction of sp³-hybridized carbons (Fsp3) is 0.167. The molecule has 0 radical (unpaired) electrons. The van der Waals surface area contributed by atoms with Crippen LogP contribution in [0.2, 0.25) is 10.0 Å². The largest absolute Gasteiger partial charge is 0.490 e. The molecule has 0 aliphatic heterocycles. The lowest BCUT2D eigenvalue weighted by Crippen LogP contribution is -2.00. The van der Waals surface area contributed by atoms with Crippen LogP contribution >= 0.6 is 23.2 Å². The summed E-state index contributed by atoms with van der Waals surface area (Å²) in [5.74, 6) is 1.28. The maximum atomic E-state index is 6.04. The van der Waals surface area contributed by atoms with E-state index in [-0.39, 0.29) is 0 Å². The van der Waals surface area contributed by atoms with E-state index in [1.807, 2.05) is 31.2 Å². The van der Waals surface area contributed by atoms with Crippen molar-refractivity contribution in [2.24, 2.45) is 5.10 Å². The van der Waals surface area contributed by atoms with E-state index in [0.717, 1.165) is 11.1 Å². The topological polar surface area (TPSA) is 61.5 Å². The van der Waals surface area contributed by atoms with Gasteiger partial charge in [-0.1, -0.05) is 29.3 Å². The van der Waals surface area contributed by atoms with Crippen molar-refractivity contribution >= 4 is 29.4 Å². The summed E-state index contributed by atoms with van der Waals surface area (Å²) in [6, 6.07) is 11.0. The molecular weight excluding hydrogens is 375 g/mol. The number of rotatable bonds is 7. The van der Waals surface area contributed by atoms with Crippen LogP contribution in [0.3, 0.4) is 0 Å². The van der Waals surface area contributed by atoms with Gasteiger partial charge in [0.15, 0.2) is 11.5 Å². The van der Waals surface area contributed by atoms with E-state index in [4.69, 9.17) is 32.7 Å². The smallest absolute Gasteiger partial charge is 0.161 e. The predicted molar refractivity (Wildman–Crippen MR) is 101 cm³/mol. The molecule has 8 heteroatoms. The Bertz CT molecular complexity index is 898. The fourth-order valence-electron chi connectivity index (χ4n) is 2.17. The minimum Gasteiger partial charge on any atom is -0.490 e. The first-order valence-electron chi connectivity index (χ1n) is 7.88. The number of halogens is 2. The average Bonchev–Trinajstić information content (AvgIpc) is 3.16. The predicted octanol–water partition coefficient (Wildman–Crippen LogP) is 4.44. The van der Waals surface area contributed by atoms with Gasteiger partial charge in [0.2, 0.25) is 0 Å². The second kappa shape index (κ2) is 8.69. The summed E-state index contributed by atoms with van der Waals surface area (Å²) in [6.45, 7) is 2.79. The molecule has 134 valence electrons. The van der Waals surface area contributed by atoms with Gasteiger partial charge in [0.05, 0.1) is 22.9 Å². The molecule has 3 rings (SSSR count). The molecule has 1 heterocycles. The molecule has 0 saturated heterocycles. The van der Waals surface area contributed by atoms with Crippen LogP contribution in [-0.4, -0.2) is 27.7 Å². The lowest BCUT2D eigenvalue weighted by atomic mass is 10.2. The number of hydrogen-bond donors (Lipinski definition) is 0. The van der Waals surface area contributed by atoms with Gasteiger partial charge in [0.25, 0.3) is 0 Å². The normalized spacial score (nSPS) is 11.0. The van der Waals surface area contributed by atoms with Gasteiger partial charge in [-0.15, -0.1) is 10.2 Å². The van der Waals surface area contributed by atoms with Gasteiger partial charge < -0.3 is 9.47 Å². The van der Waals surface area contributed by atoms with Crippen LogP contribution in [-0.2, 0) is 6.61 Å². The Morgan fingerprint density at radius 1 is 1.00 bits per heavy atom. The zero-order valence-electron chi connectivity index (χ0n) is 14.0. The zero-order valence-corrected chi connectivity index (χ0v) is 15.5. The third kappa shape index (κ3) is 4.74. The molecule has 0 aliphatic carbocycles. The van der Waals surface area contributed by atoms with Gasteiger partial charge in [-0.3, -0.25) is 0 Å². The standard InChI is InChI=1S/C18H16Cl2N4O2/c1-2-25-18-8-13(9-23-24-11-21-22-12-24)4-6-17(18)26-10-14-3-5-15(19)16(20)7-14/h3-9,11-12H,2,10H2,1H3/b23-9+. The molecule has 0 fully saturated rings. The Labute approximate surface area is 161 Å². The molecule has 26 heavy (non-hydrogen) atoms. The highest BCUT2D eigenvalue weighted by Crippen LogP contribution is 2.30. The summed E-state index contributed by atoms with van der Waals surface area (Å²) in [5, 5.41) is 12.6. The van der Waals surface area contributed by atoms with Crippen molar-refractivity contribution in [2.75, 3.05) is 6.61 Å². The van der Waals surface area contributed by atoms with Crippen molar-refractivity contribution < 1.29 is 9.47 Å². The Kier molecular flexibility index (Phi) is 6.09. The molecule has 3 aromatic rings. The molecule has 0 saturated carbocycles. The maximum Gasteiger partial charge on any atom is 0.161 e. The lowest BCUT2D eigenvalue weighted by molar-refractivity contribution is 0.269. The summed E-state index contributed by atoms with van der Waals surface area (Å²) in [5.41, 5.74) is 1.78. The highest BCUT2D eigenvalue weighted by molar-refractivity contribution is 6.42. The van der Waals surface area contributed by atoms with Gasteiger partial charge in [-0.2, -0.15) is 5.10 Å². The molecule has 0 aliphatic rings. The van der Waals surface area contributed by atoms with E-state index < -0.39 is 0 Å². The second-order valence-electron chi connectivity index (χ2n) is 5.26. The Balaban J connectivity index is 1.74. The number of ether oxygens (including phenoxy) is 2. The summed E-state index contributed by atoms with van der Waals surface area (Å²) in [6.07, 6.45) is 4.71. The Morgan fingerprint density at radius 2 is 1.81 bits per heavy atom. The van der Waals surface area contributed by atoms with E-state index in [0.29, 0.717) is 34.8 Å². The lowest BCUT2D eigenvalue weighted by Gasteiger charge is -2.13. The number of nitrogens with zero attached hydrogens (tertiary/aromatic N) is 4. The molecule has 0 bridgehead atoms. The van der Waals surface area contributed by atoms with Crippen molar-refractivity contribution in [3.05, 3.63) is 70.2 Å². The van der Waals surface area contributed by atoms with E-state index >= 15 is 0 Å². The molecular formula is C18H16Cl2N4O2. The minimum atomic E-state index is 0.352. The van der Waals surface area contributed by atoms with Gasteiger partial charge in [-0.25, -0.2) is 4.68 Å². The van der Waals surface area contributed by atoms with Crippen LogP contribution < -0.4 is 9.47 Å². The van der Waals surface area contributed by atoms with Crippen molar-refractivity contribution in [2.45, 2.75) is 13.5 Å². The average molecular weight is 391 g/mol. The SMILES string of the molecule is CCOc1cc(/C=N/n2cnnc2)ccc1OCc1ccc(Cl)c(Cl)c1. The van der Waals surface area contributed by atoms with Crippen molar-refractivity contribution in [3.8, 4) is 11.5 Å². The van der Waals surface area contributed by atoms with Crippen molar-refractivity contribution in [1.29, 1.82) is 0 Å². The molecule has 1 aromatic heterocycles. The molecule has 2 aromatic carbocycles. The van der Waals surface area contributed by atoms with Crippen LogP contribution in [0, 0.1) is 0 Å². The quantitative estimate of drug-likeness (QED) is 0.559. The van der Waals surface area contributed by atoms with Crippen molar-refractivity contribution in [3.63, 3.8) is 0 Å². The Hall–Kier alpha value is -2.57. The van der Waals surface area contributed by atoms with Gasteiger partial charge in [0.1, 0.15) is 19.3 Å². The minimum absolute atomic E-state index is 0.352. The molecule has 0 spiro atoms. The summed E-state index contributed by atoms with van der Waals surface area (Å²) < 4.78 is 13.1. The fourth-order valence-corrected chi connectivity index (χ4v) is 2.49. The van der Waals surface area contributed by atoms with Crippen molar-refractivity contribution in [1.82, 2.24) is 14.9 Å². The van der Waals surface area contributed by atoms with Gasteiger partial charge in [0, 0.05) is 0 Å². The summed E-state index contributed by atoms with van der Waals surface area (Å²) in [4.78, 5) is 0. The highest BCUT2D eigenvalue weighted by Gasteiger charge is 2.07. The third-order valence-electron chi connectivity index (χ3n) is 3.39. The first-order chi connectivity index (χ1) is 12.7. The molecule has 0 atom stereocenters. The zero-order chi connectivity index (χ0) is 18.4. The monoisotopic (exact) mass is 390 g/mol. The summed E-state index contributed by atoms with van der Waals surface area (Å²) >= 11 is 12.0. The van der Waals surface area contributed by atoms with E-state index in [1.54, 1.807) is 18.3 Å². The van der Waals surface area contributed by atoms with E-state index in [2.05, 4.69) is 15.3 Å². The summed E-state index contributed by atoms with van der Waals surface area (Å²) in [7, 11) is 0. The maximum absolute atomic E-state index is 6.04. The molecule has 0 unspecified atom stereocenters. The molecule has 0 N–H and O–H groups in total. The third-order valence-corrected chi connectivity index (χ3v) is 4.13. The Morgan fingerprint density at radius 3 is 2.54 bits per heavy atom. The number of aromatic nitrogens is 3. The van der Waals surface area contributed by atoms with Crippen LogP contribution in [0.1, 0.15) is 18.1 Å². The highest BCUT2D eigenvalue weighted by atomic mass is 35.5. The van der Waals surface area contributed by atoms with E-state index in [9.17, 15) is 0 Å². The molecule has 0 amide bonds. The van der Waals surface area contributed by atoms with E-state index in [1.165, 1.54) is 17.3 Å². The number of benzene rings is 2. The van der Waals surface area contributed by atoms with Gasteiger partial charge in [-0.05, 0) is 48.4 Å². The second-order valence-corrected chi connectivity index (χ2v) is 6.08. The van der Waals surface area contributed by atoms with Crippen LogP contribution in [0.15, 0.2) is 54.2 Å². The number of hydrogen-bond acceptors (Lipinski definition) is 5. The van der Waals surface area contributed by atoms with Crippen LogP contribution in [0.4, 0.5) is 0 Å². The molecule has 6 nitrogen and oxygen atoms in total. The first kappa shape index (κ1) is 18.2. The first-order valence-corrected chi connectivity index (χ1v) is 8.64. The van der Waals surface area contributed by atoms with Crippen LogP contribution in [0.5, 0.6) is 11.5 Å².